The van der Waals surface area contributed by atoms with Crippen molar-refractivity contribution in [3.63, 3.8) is 0 Å². The van der Waals surface area contributed by atoms with Gasteiger partial charge in [0, 0.05) is 35.5 Å². The summed E-state index contributed by atoms with van der Waals surface area (Å²) in [5.74, 6) is 0.335. The van der Waals surface area contributed by atoms with Crippen molar-refractivity contribution in [3.8, 4) is 0 Å². The number of aromatic nitrogens is 1. The van der Waals surface area contributed by atoms with Crippen LogP contribution in [-0.2, 0) is 9.09 Å². The minimum absolute atomic E-state index is 0.0315. The van der Waals surface area contributed by atoms with E-state index in [1.807, 2.05) is 44.2 Å². The van der Waals surface area contributed by atoms with E-state index in [0.717, 1.165) is 10.9 Å². The van der Waals surface area contributed by atoms with Crippen LogP contribution >= 0.6 is 19.1 Å². The predicted octanol–water partition coefficient (Wildman–Crippen LogP) is 5.69. The number of pyridine rings is 1. The monoisotopic (exact) mass is 440 g/mol. The summed E-state index contributed by atoms with van der Waals surface area (Å²) in [4.78, 5) is 17.2. The highest BCUT2D eigenvalue weighted by Gasteiger charge is 2.37. The molecule has 0 fully saturated rings. The van der Waals surface area contributed by atoms with Crippen molar-refractivity contribution in [2.24, 2.45) is 0 Å². The molecular weight excluding hydrogens is 419 g/mol. The van der Waals surface area contributed by atoms with Crippen LogP contribution < -0.4 is 5.30 Å². The van der Waals surface area contributed by atoms with Crippen LogP contribution in [0.4, 0.5) is 0 Å². The highest BCUT2D eigenvalue weighted by Crippen LogP contribution is 2.53. The first-order valence-electron chi connectivity index (χ1n) is 9.91. The molecule has 1 heterocycles. The summed E-state index contributed by atoms with van der Waals surface area (Å²) in [7, 11) is -3.48. The van der Waals surface area contributed by atoms with E-state index in [4.69, 9.17) is 16.1 Å². The van der Waals surface area contributed by atoms with Gasteiger partial charge in [-0.2, -0.15) is 0 Å². The molecular formula is C23H22ClN2O3P. The Morgan fingerprint density at radius 1 is 1.10 bits per heavy atom. The van der Waals surface area contributed by atoms with Crippen LogP contribution in [0.25, 0.3) is 16.7 Å². The van der Waals surface area contributed by atoms with E-state index < -0.39 is 7.52 Å². The zero-order valence-electron chi connectivity index (χ0n) is 16.8. The molecule has 7 heteroatoms. The standard InChI is InChI=1S/C23H22ClN2O3P/c1-3-26(4-2)30(28,18-10-7-9-17(24)15-18)29-22-13-12-21(27)19-14-16-8-5-6-11-20(16)25-23(19)22/h5-11,13-15H,3-4,12H2,1-2H3. The molecule has 0 saturated heterocycles. The molecule has 0 spiro atoms. The van der Waals surface area contributed by atoms with Gasteiger partial charge in [0.15, 0.2) is 11.5 Å². The minimum atomic E-state index is -3.48. The van der Waals surface area contributed by atoms with Crippen LogP contribution in [-0.4, -0.2) is 28.5 Å². The largest absolute Gasteiger partial charge is 0.427 e. The van der Waals surface area contributed by atoms with E-state index in [2.05, 4.69) is 4.98 Å². The molecule has 0 N–H and O–H groups in total. The van der Waals surface area contributed by atoms with Crippen LogP contribution in [0.15, 0.2) is 60.7 Å². The number of allylic oxidation sites excluding steroid dienone is 1. The van der Waals surface area contributed by atoms with Gasteiger partial charge in [-0.1, -0.05) is 49.7 Å². The number of ketones is 1. The van der Waals surface area contributed by atoms with Gasteiger partial charge in [0.05, 0.1) is 10.8 Å². The third-order valence-corrected chi connectivity index (χ3v) is 8.11. The fourth-order valence-electron chi connectivity index (χ4n) is 3.64. The molecule has 3 aromatic rings. The first-order valence-corrected chi connectivity index (χ1v) is 11.9. The van der Waals surface area contributed by atoms with Crippen molar-refractivity contribution in [3.05, 3.63) is 77.0 Å². The summed E-state index contributed by atoms with van der Waals surface area (Å²) >= 11 is 6.18. The molecule has 1 atom stereocenters. The maximum absolute atomic E-state index is 14.2. The molecule has 1 aliphatic rings. The van der Waals surface area contributed by atoms with Crippen LogP contribution in [0, 0.1) is 0 Å². The zero-order chi connectivity index (χ0) is 21.3. The van der Waals surface area contributed by atoms with Crippen LogP contribution in [0.5, 0.6) is 0 Å². The molecule has 2 aromatic carbocycles. The van der Waals surface area contributed by atoms with Crippen molar-refractivity contribution in [1.29, 1.82) is 0 Å². The second-order valence-corrected chi connectivity index (χ2v) is 9.75. The highest BCUT2D eigenvalue weighted by atomic mass is 35.5. The van der Waals surface area contributed by atoms with Crippen molar-refractivity contribution >= 4 is 46.9 Å². The van der Waals surface area contributed by atoms with Gasteiger partial charge < -0.3 is 4.52 Å². The molecule has 4 rings (SSSR count). The summed E-state index contributed by atoms with van der Waals surface area (Å²) in [5, 5.41) is 1.88. The fourth-order valence-corrected chi connectivity index (χ4v) is 6.21. The Labute approximate surface area is 180 Å². The van der Waals surface area contributed by atoms with Crippen molar-refractivity contribution < 1.29 is 13.9 Å². The number of benzene rings is 2. The normalized spacial score (nSPS) is 15.6. The van der Waals surface area contributed by atoms with Gasteiger partial charge in [-0.15, -0.1) is 0 Å². The summed E-state index contributed by atoms with van der Waals surface area (Å²) in [6, 6.07) is 16.4. The molecule has 0 radical (unpaired) electrons. The lowest BCUT2D eigenvalue weighted by molar-refractivity contribution is 0.0992. The van der Waals surface area contributed by atoms with Gasteiger partial charge in [0.25, 0.3) is 0 Å². The average molecular weight is 441 g/mol. The Bertz CT molecular complexity index is 1200. The molecule has 0 saturated carbocycles. The third-order valence-electron chi connectivity index (χ3n) is 5.19. The molecule has 0 bridgehead atoms. The molecule has 0 amide bonds. The van der Waals surface area contributed by atoms with E-state index in [1.165, 1.54) is 0 Å². The van der Waals surface area contributed by atoms with E-state index in [9.17, 15) is 9.36 Å². The summed E-state index contributed by atoms with van der Waals surface area (Å²) < 4.78 is 22.3. The summed E-state index contributed by atoms with van der Waals surface area (Å²) in [6.45, 7) is 4.93. The number of fused-ring (bicyclic) bond motifs is 2. The van der Waals surface area contributed by atoms with Crippen molar-refractivity contribution in [2.75, 3.05) is 13.1 Å². The maximum Gasteiger partial charge on any atom is 0.349 e. The lowest BCUT2D eigenvalue weighted by atomic mass is 9.97. The first kappa shape index (κ1) is 20.8. The second kappa shape index (κ2) is 8.35. The van der Waals surface area contributed by atoms with Gasteiger partial charge in [-0.05, 0) is 36.4 Å². The number of hydrogen-bond acceptors (Lipinski definition) is 4. The number of carbonyl (C=O) groups excluding carboxylic acids is 1. The fraction of sp³-hybridized carbons (Fsp3) is 0.217. The number of nitrogens with zero attached hydrogens (tertiary/aromatic N) is 2. The van der Waals surface area contributed by atoms with Gasteiger partial charge in [-0.25, -0.2) is 9.65 Å². The topological polar surface area (TPSA) is 59.5 Å². The predicted molar refractivity (Wildman–Crippen MR) is 121 cm³/mol. The smallest absolute Gasteiger partial charge is 0.349 e. The summed E-state index contributed by atoms with van der Waals surface area (Å²) in [5.41, 5.74) is 1.67. The molecule has 5 nitrogen and oxygen atoms in total. The van der Waals surface area contributed by atoms with Gasteiger partial charge in [0.2, 0.25) is 0 Å². The second-order valence-electron chi connectivity index (χ2n) is 7.00. The number of hydrogen-bond donors (Lipinski definition) is 0. The third kappa shape index (κ3) is 3.69. The number of rotatable bonds is 6. The molecule has 154 valence electrons. The van der Waals surface area contributed by atoms with Crippen LogP contribution in [0.3, 0.4) is 0 Å². The Kier molecular flexibility index (Phi) is 5.79. The molecule has 1 aromatic heterocycles. The van der Waals surface area contributed by atoms with Crippen molar-refractivity contribution in [2.45, 2.75) is 20.3 Å². The van der Waals surface area contributed by atoms with E-state index >= 15 is 0 Å². The number of Topliss-reactive ketones (excluding diaryl/α,β-unsaturated/α-hetero) is 1. The zero-order valence-corrected chi connectivity index (χ0v) is 18.5. The Morgan fingerprint density at radius 2 is 1.87 bits per heavy atom. The number of halogens is 1. The van der Waals surface area contributed by atoms with Crippen LogP contribution in [0.1, 0.15) is 36.3 Å². The van der Waals surface area contributed by atoms with E-state index in [0.29, 0.717) is 40.4 Å². The van der Waals surface area contributed by atoms with Gasteiger partial charge >= 0.3 is 7.52 Å². The molecule has 30 heavy (non-hydrogen) atoms. The quantitative estimate of drug-likeness (QED) is 0.461. The van der Waals surface area contributed by atoms with E-state index in [1.54, 1.807) is 35.0 Å². The maximum atomic E-state index is 14.2. The molecule has 0 aliphatic heterocycles. The Morgan fingerprint density at radius 3 is 2.60 bits per heavy atom. The number of carbonyl (C=O) groups is 1. The number of para-hydroxylation sites is 1. The Balaban J connectivity index is 1.84. The lowest BCUT2D eigenvalue weighted by Gasteiger charge is -2.31. The average Bonchev–Trinajstić information content (AvgIpc) is 2.75. The first-order chi connectivity index (χ1) is 14.5. The van der Waals surface area contributed by atoms with Gasteiger partial charge in [-0.3, -0.25) is 9.36 Å². The van der Waals surface area contributed by atoms with Gasteiger partial charge in [0.1, 0.15) is 5.69 Å². The lowest BCUT2D eigenvalue weighted by Crippen LogP contribution is -2.27. The van der Waals surface area contributed by atoms with Crippen LogP contribution in [0.2, 0.25) is 5.02 Å². The molecule has 1 aliphatic carbocycles. The van der Waals surface area contributed by atoms with Crippen molar-refractivity contribution in [1.82, 2.24) is 9.65 Å². The highest BCUT2D eigenvalue weighted by molar-refractivity contribution is 7.65. The van der Waals surface area contributed by atoms with E-state index in [-0.39, 0.29) is 12.2 Å². The minimum Gasteiger partial charge on any atom is -0.427 e. The Hall–Kier alpha value is -2.46. The molecule has 1 unspecified atom stereocenters. The SMILES string of the molecule is CCN(CC)P(=O)(OC1=CCC(=O)c2cc3ccccc3nc21)c1cccc(Cl)c1. The summed E-state index contributed by atoms with van der Waals surface area (Å²) in [6.07, 6.45) is 1.85.